The molecule has 5 heteroatoms. The molecule has 0 heterocycles. The Morgan fingerprint density at radius 3 is 2.29 bits per heavy atom. The van der Waals surface area contributed by atoms with Crippen molar-refractivity contribution in [3.8, 4) is 0 Å². The zero-order valence-electron chi connectivity index (χ0n) is 9.64. The summed E-state index contributed by atoms with van der Waals surface area (Å²) >= 11 is 15.2. The molecule has 2 nitrogen and oxygen atoms in total. The Labute approximate surface area is 120 Å². The fourth-order valence-electron chi connectivity index (χ4n) is 1.21. The molecule has 0 aliphatic rings. The van der Waals surface area contributed by atoms with Gasteiger partial charge in [-0.1, -0.05) is 53.0 Å². The van der Waals surface area contributed by atoms with Crippen LogP contribution in [0.4, 0.5) is 0 Å². The van der Waals surface area contributed by atoms with Crippen LogP contribution < -0.4 is 5.32 Å². The minimum Gasteiger partial charge on any atom is -0.351 e. The van der Waals surface area contributed by atoms with Crippen LogP contribution in [0.5, 0.6) is 0 Å². The van der Waals surface area contributed by atoms with Gasteiger partial charge in [0.15, 0.2) is 0 Å². The molecule has 0 spiro atoms. The second-order valence-electron chi connectivity index (χ2n) is 4.13. The Bertz CT molecular complexity index is 389. The smallest absolute Gasteiger partial charge is 0.251 e. The Kier molecular flexibility index (Phi) is 5.77. The molecule has 1 aromatic carbocycles. The van der Waals surface area contributed by atoms with Crippen molar-refractivity contribution in [3.63, 3.8) is 0 Å². The van der Waals surface area contributed by atoms with Crippen LogP contribution in [-0.2, 0) is 0 Å². The summed E-state index contributed by atoms with van der Waals surface area (Å²) in [5.41, 5.74) is 0.478. The third kappa shape index (κ3) is 4.86. The van der Waals surface area contributed by atoms with Gasteiger partial charge in [0.25, 0.3) is 5.91 Å². The van der Waals surface area contributed by atoms with Crippen LogP contribution in [0.1, 0.15) is 24.2 Å². The number of rotatable bonds is 4. The highest BCUT2D eigenvalue weighted by Crippen LogP contribution is 2.19. The second kappa shape index (κ2) is 6.62. The predicted molar refractivity (Wildman–Crippen MR) is 76.3 cm³/mol. The van der Waals surface area contributed by atoms with Gasteiger partial charge in [-0.2, -0.15) is 0 Å². The minimum absolute atomic E-state index is 0.167. The number of amides is 1. The van der Waals surface area contributed by atoms with Crippen molar-refractivity contribution in [2.75, 3.05) is 6.54 Å². The minimum atomic E-state index is -0.167. The van der Waals surface area contributed by atoms with E-state index in [2.05, 4.69) is 35.1 Å². The van der Waals surface area contributed by atoms with Gasteiger partial charge in [-0.25, -0.2) is 0 Å². The van der Waals surface area contributed by atoms with Crippen molar-refractivity contribution >= 4 is 45.0 Å². The zero-order chi connectivity index (χ0) is 13.0. The Balaban J connectivity index is 2.64. The molecule has 0 aliphatic carbocycles. The van der Waals surface area contributed by atoms with Gasteiger partial charge in [-0.3, -0.25) is 4.79 Å². The van der Waals surface area contributed by atoms with E-state index in [-0.39, 0.29) is 10.7 Å². The molecule has 0 aliphatic heterocycles. The maximum absolute atomic E-state index is 11.8. The molecular weight excluding hydrogens is 325 g/mol. The van der Waals surface area contributed by atoms with Crippen molar-refractivity contribution in [3.05, 3.63) is 33.8 Å². The van der Waals surface area contributed by atoms with Crippen LogP contribution in [0.2, 0.25) is 10.0 Å². The van der Waals surface area contributed by atoms with E-state index in [1.807, 2.05) is 0 Å². The summed E-state index contributed by atoms with van der Waals surface area (Å²) < 4.78 is 0. The standard InChI is InChI=1S/C12H14BrCl2NO/c1-7(2)11(13)6-16-12(17)8-3-9(14)5-10(15)4-8/h3-5,7,11H,6H2,1-2H3,(H,16,17). The van der Waals surface area contributed by atoms with Crippen molar-refractivity contribution in [1.82, 2.24) is 5.32 Å². The number of hydrogen-bond acceptors (Lipinski definition) is 1. The van der Waals surface area contributed by atoms with Gasteiger partial charge in [0.1, 0.15) is 0 Å². The van der Waals surface area contributed by atoms with Crippen LogP contribution in [0, 0.1) is 5.92 Å². The van der Waals surface area contributed by atoms with E-state index < -0.39 is 0 Å². The summed E-state index contributed by atoms with van der Waals surface area (Å²) in [5, 5.41) is 3.75. The number of carbonyl (C=O) groups is 1. The molecule has 1 unspecified atom stereocenters. The van der Waals surface area contributed by atoms with Crippen LogP contribution in [0.25, 0.3) is 0 Å². The predicted octanol–water partition coefficient (Wildman–Crippen LogP) is 4.14. The molecule has 1 N–H and O–H groups in total. The highest BCUT2D eigenvalue weighted by molar-refractivity contribution is 9.09. The van der Waals surface area contributed by atoms with Gasteiger partial charge in [0, 0.05) is 27.0 Å². The van der Waals surface area contributed by atoms with Crippen LogP contribution in [0.3, 0.4) is 0 Å². The molecule has 1 atom stereocenters. The second-order valence-corrected chi connectivity index (χ2v) is 6.18. The number of nitrogens with one attached hydrogen (secondary N) is 1. The van der Waals surface area contributed by atoms with E-state index in [4.69, 9.17) is 23.2 Å². The van der Waals surface area contributed by atoms with E-state index in [0.717, 1.165) is 0 Å². The molecule has 1 rings (SSSR count). The Morgan fingerprint density at radius 2 is 1.82 bits per heavy atom. The molecule has 0 saturated heterocycles. The Hall–Kier alpha value is -0.250. The number of benzene rings is 1. The topological polar surface area (TPSA) is 29.1 Å². The van der Waals surface area contributed by atoms with Gasteiger partial charge in [0.2, 0.25) is 0 Å². The average molecular weight is 339 g/mol. The first kappa shape index (κ1) is 14.8. The SMILES string of the molecule is CC(C)C(Br)CNC(=O)c1cc(Cl)cc(Cl)c1. The van der Waals surface area contributed by atoms with Gasteiger partial charge in [-0.15, -0.1) is 0 Å². The largest absolute Gasteiger partial charge is 0.351 e. The van der Waals surface area contributed by atoms with E-state index in [1.165, 1.54) is 0 Å². The van der Waals surface area contributed by atoms with E-state index in [9.17, 15) is 4.79 Å². The monoisotopic (exact) mass is 337 g/mol. The molecule has 17 heavy (non-hydrogen) atoms. The van der Waals surface area contributed by atoms with Crippen LogP contribution in [-0.4, -0.2) is 17.3 Å². The van der Waals surface area contributed by atoms with Crippen LogP contribution >= 0.6 is 39.1 Å². The van der Waals surface area contributed by atoms with E-state index >= 15 is 0 Å². The molecule has 0 saturated carbocycles. The molecular formula is C12H14BrCl2NO. The lowest BCUT2D eigenvalue weighted by atomic mass is 10.1. The Morgan fingerprint density at radius 1 is 1.29 bits per heavy atom. The van der Waals surface area contributed by atoms with Gasteiger partial charge >= 0.3 is 0 Å². The normalized spacial score (nSPS) is 12.6. The molecule has 0 bridgehead atoms. The zero-order valence-corrected chi connectivity index (χ0v) is 12.7. The molecule has 94 valence electrons. The highest BCUT2D eigenvalue weighted by Gasteiger charge is 2.12. The lowest BCUT2D eigenvalue weighted by molar-refractivity contribution is 0.0953. The van der Waals surface area contributed by atoms with E-state index in [1.54, 1.807) is 18.2 Å². The maximum atomic E-state index is 11.8. The summed E-state index contributed by atoms with van der Waals surface area (Å²) in [7, 11) is 0. The first-order valence-electron chi connectivity index (χ1n) is 5.28. The van der Waals surface area contributed by atoms with Gasteiger partial charge < -0.3 is 5.32 Å². The number of carbonyl (C=O) groups excluding carboxylic acids is 1. The average Bonchev–Trinajstić information content (AvgIpc) is 2.23. The van der Waals surface area contributed by atoms with E-state index in [0.29, 0.717) is 28.1 Å². The summed E-state index contributed by atoms with van der Waals surface area (Å²) in [5.74, 6) is 0.290. The number of hydrogen-bond donors (Lipinski definition) is 1. The molecule has 1 aromatic rings. The quantitative estimate of drug-likeness (QED) is 0.821. The number of halogens is 3. The maximum Gasteiger partial charge on any atom is 0.251 e. The van der Waals surface area contributed by atoms with Crippen molar-refractivity contribution in [2.24, 2.45) is 5.92 Å². The summed E-state index contributed by atoms with van der Waals surface area (Å²) in [6.07, 6.45) is 0. The van der Waals surface area contributed by atoms with Gasteiger partial charge in [0.05, 0.1) is 0 Å². The molecule has 0 fully saturated rings. The first-order valence-corrected chi connectivity index (χ1v) is 6.95. The fraction of sp³-hybridized carbons (Fsp3) is 0.417. The molecule has 1 amide bonds. The third-order valence-electron chi connectivity index (χ3n) is 2.31. The van der Waals surface area contributed by atoms with Gasteiger partial charge in [-0.05, 0) is 24.1 Å². The first-order chi connectivity index (χ1) is 7.90. The summed E-state index contributed by atoms with van der Waals surface area (Å²) in [6, 6.07) is 4.80. The summed E-state index contributed by atoms with van der Waals surface area (Å²) in [4.78, 5) is 12.1. The summed E-state index contributed by atoms with van der Waals surface area (Å²) in [6.45, 7) is 4.74. The highest BCUT2D eigenvalue weighted by atomic mass is 79.9. The fourth-order valence-corrected chi connectivity index (χ4v) is 1.90. The molecule has 0 aromatic heterocycles. The van der Waals surface area contributed by atoms with Crippen molar-refractivity contribution in [1.29, 1.82) is 0 Å². The third-order valence-corrected chi connectivity index (χ3v) is 4.12. The lowest BCUT2D eigenvalue weighted by Crippen LogP contribution is -2.31. The van der Waals surface area contributed by atoms with Crippen LogP contribution in [0.15, 0.2) is 18.2 Å². The lowest BCUT2D eigenvalue weighted by Gasteiger charge is -2.14. The van der Waals surface area contributed by atoms with Crippen molar-refractivity contribution < 1.29 is 4.79 Å². The van der Waals surface area contributed by atoms with Crippen molar-refractivity contribution in [2.45, 2.75) is 18.7 Å². The number of alkyl halides is 1. The molecule has 0 radical (unpaired) electrons.